The Bertz CT molecular complexity index is 602. The fourth-order valence-corrected chi connectivity index (χ4v) is 3.97. The van der Waals surface area contributed by atoms with Gasteiger partial charge in [-0.15, -0.1) is 0 Å². The zero-order chi connectivity index (χ0) is 17.8. The van der Waals surface area contributed by atoms with Crippen molar-refractivity contribution in [3.8, 4) is 5.75 Å². The van der Waals surface area contributed by atoms with Gasteiger partial charge >= 0.3 is 0 Å². The first kappa shape index (κ1) is 17.8. The number of para-hydroxylation sites is 1. The van der Waals surface area contributed by atoms with E-state index in [0.717, 1.165) is 38.2 Å². The average molecular weight is 344 g/mol. The Hall–Kier alpha value is -2.04. The second-order valence-corrected chi connectivity index (χ2v) is 7.42. The summed E-state index contributed by atoms with van der Waals surface area (Å²) >= 11 is 0. The average Bonchev–Trinajstić information content (AvgIpc) is 2.78. The summed E-state index contributed by atoms with van der Waals surface area (Å²) in [5.41, 5.74) is 0. The number of rotatable bonds is 4. The van der Waals surface area contributed by atoms with Crippen molar-refractivity contribution in [1.82, 2.24) is 9.80 Å². The van der Waals surface area contributed by atoms with Gasteiger partial charge in [0.25, 0.3) is 5.91 Å². The number of amides is 2. The molecule has 1 aromatic rings. The fraction of sp³-hybridized carbons (Fsp3) is 0.600. The van der Waals surface area contributed by atoms with Crippen LogP contribution in [-0.2, 0) is 9.59 Å². The van der Waals surface area contributed by atoms with Crippen LogP contribution in [0.5, 0.6) is 5.75 Å². The van der Waals surface area contributed by atoms with Crippen LogP contribution in [-0.4, -0.2) is 53.9 Å². The summed E-state index contributed by atoms with van der Waals surface area (Å²) in [5.74, 6) is 1.86. The maximum atomic E-state index is 12.5. The van der Waals surface area contributed by atoms with E-state index in [1.165, 1.54) is 0 Å². The Morgan fingerprint density at radius 3 is 2.60 bits per heavy atom. The molecule has 3 rings (SSSR count). The van der Waals surface area contributed by atoms with Gasteiger partial charge in [-0.05, 0) is 50.7 Å². The molecule has 0 saturated carbocycles. The zero-order valence-electron chi connectivity index (χ0n) is 15.2. The van der Waals surface area contributed by atoms with E-state index in [4.69, 9.17) is 4.74 Å². The number of nitrogens with zero attached hydrogens (tertiary/aromatic N) is 2. The number of carbonyl (C=O) groups excluding carboxylic acids is 2. The molecule has 0 aliphatic carbocycles. The quantitative estimate of drug-likeness (QED) is 0.843. The Morgan fingerprint density at radius 1 is 1.16 bits per heavy atom. The highest BCUT2D eigenvalue weighted by Gasteiger charge is 2.36. The normalized spacial score (nSPS) is 24.0. The second kappa shape index (κ2) is 7.89. The predicted octanol–water partition coefficient (Wildman–Crippen LogP) is 2.56. The van der Waals surface area contributed by atoms with Crippen molar-refractivity contribution in [2.45, 2.75) is 39.2 Å². The third kappa shape index (κ3) is 4.33. The molecule has 2 aliphatic rings. The molecule has 0 bridgehead atoms. The first-order valence-electron chi connectivity index (χ1n) is 9.29. The number of piperidine rings is 1. The van der Waals surface area contributed by atoms with Gasteiger partial charge in [0.05, 0.1) is 0 Å². The van der Waals surface area contributed by atoms with E-state index >= 15 is 0 Å². The van der Waals surface area contributed by atoms with Gasteiger partial charge in [-0.3, -0.25) is 9.59 Å². The molecule has 2 saturated heterocycles. The number of ether oxygens (including phenoxy) is 1. The van der Waals surface area contributed by atoms with Crippen LogP contribution >= 0.6 is 0 Å². The molecule has 136 valence electrons. The van der Waals surface area contributed by atoms with Gasteiger partial charge in [-0.1, -0.05) is 18.2 Å². The maximum absolute atomic E-state index is 12.5. The van der Waals surface area contributed by atoms with Crippen molar-refractivity contribution in [2.75, 3.05) is 26.2 Å². The molecule has 1 aromatic carbocycles. The van der Waals surface area contributed by atoms with Crippen molar-refractivity contribution in [3.63, 3.8) is 0 Å². The standard InChI is InChI=1S/C20H28N2O3/c1-15(2)22-11-9-17-13-21(10-8-16(17)12-19(22)23)20(24)14-25-18-6-4-3-5-7-18/h3-7,15-17H,8-14H2,1-2H3. The van der Waals surface area contributed by atoms with E-state index in [1.807, 2.05) is 40.1 Å². The molecule has 5 nitrogen and oxygen atoms in total. The van der Waals surface area contributed by atoms with Gasteiger partial charge < -0.3 is 14.5 Å². The summed E-state index contributed by atoms with van der Waals surface area (Å²) in [5, 5.41) is 0. The zero-order valence-corrected chi connectivity index (χ0v) is 15.2. The minimum absolute atomic E-state index is 0.0404. The van der Waals surface area contributed by atoms with E-state index in [9.17, 15) is 9.59 Å². The van der Waals surface area contributed by atoms with E-state index in [1.54, 1.807) is 0 Å². The number of fused-ring (bicyclic) bond motifs is 1. The monoisotopic (exact) mass is 344 g/mol. The molecule has 2 amide bonds. The van der Waals surface area contributed by atoms with Crippen molar-refractivity contribution in [1.29, 1.82) is 0 Å². The van der Waals surface area contributed by atoms with Crippen LogP contribution in [0.15, 0.2) is 30.3 Å². The first-order valence-corrected chi connectivity index (χ1v) is 9.29. The molecule has 0 spiro atoms. The minimum atomic E-state index is 0.0404. The molecule has 2 aliphatic heterocycles. The number of likely N-dealkylation sites (tertiary alicyclic amines) is 2. The van der Waals surface area contributed by atoms with E-state index in [-0.39, 0.29) is 24.5 Å². The van der Waals surface area contributed by atoms with Crippen molar-refractivity contribution in [3.05, 3.63) is 30.3 Å². The highest BCUT2D eigenvalue weighted by atomic mass is 16.5. The summed E-state index contributed by atoms with van der Waals surface area (Å²) in [6.07, 6.45) is 2.53. The number of carbonyl (C=O) groups is 2. The van der Waals surface area contributed by atoms with Crippen LogP contribution in [0.4, 0.5) is 0 Å². The summed E-state index contributed by atoms with van der Waals surface area (Å²) in [6, 6.07) is 9.69. The Balaban J connectivity index is 1.55. The molecule has 5 heteroatoms. The molecule has 2 atom stereocenters. The lowest BCUT2D eigenvalue weighted by Crippen LogP contribution is -2.45. The summed E-state index contributed by atoms with van der Waals surface area (Å²) in [7, 11) is 0. The van der Waals surface area contributed by atoms with Crippen molar-refractivity contribution < 1.29 is 14.3 Å². The number of benzene rings is 1. The molecule has 2 heterocycles. The van der Waals surface area contributed by atoms with Gasteiger partial charge in [0, 0.05) is 32.1 Å². The smallest absolute Gasteiger partial charge is 0.260 e. The van der Waals surface area contributed by atoms with Crippen LogP contribution in [0, 0.1) is 11.8 Å². The lowest BCUT2D eigenvalue weighted by molar-refractivity contribution is -0.136. The number of hydrogen-bond donors (Lipinski definition) is 0. The van der Waals surface area contributed by atoms with Crippen molar-refractivity contribution >= 4 is 11.8 Å². The van der Waals surface area contributed by atoms with Crippen LogP contribution in [0.1, 0.15) is 33.1 Å². The summed E-state index contributed by atoms with van der Waals surface area (Å²) < 4.78 is 5.59. The Morgan fingerprint density at radius 2 is 1.88 bits per heavy atom. The summed E-state index contributed by atoms with van der Waals surface area (Å²) in [4.78, 5) is 28.8. The van der Waals surface area contributed by atoms with Gasteiger partial charge in [0.1, 0.15) is 5.75 Å². The van der Waals surface area contributed by atoms with Crippen molar-refractivity contribution in [2.24, 2.45) is 11.8 Å². The molecular formula is C20H28N2O3. The van der Waals surface area contributed by atoms with Crippen LogP contribution < -0.4 is 4.74 Å². The molecule has 0 radical (unpaired) electrons. The van der Waals surface area contributed by atoms with Gasteiger partial charge in [-0.2, -0.15) is 0 Å². The van der Waals surface area contributed by atoms with Crippen LogP contribution in [0.3, 0.4) is 0 Å². The van der Waals surface area contributed by atoms with Gasteiger partial charge in [0.15, 0.2) is 6.61 Å². The SMILES string of the molecule is CC(C)N1CCC2CN(C(=O)COc3ccccc3)CCC2CC1=O. The molecular weight excluding hydrogens is 316 g/mol. The predicted molar refractivity (Wildman–Crippen MR) is 96.2 cm³/mol. The molecule has 0 N–H and O–H groups in total. The molecule has 2 fully saturated rings. The third-order valence-corrected chi connectivity index (χ3v) is 5.47. The highest BCUT2D eigenvalue weighted by Crippen LogP contribution is 2.33. The first-order chi connectivity index (χ1) is 12.0. The van der Waals surface area contributed by atoms with Gasteiger partial charge in [-0.25, -0.2) is 0 Å². The minimum Gasteiger partial charge on any atom is -0.484 e. The molecule has 2 unspecified atom stereocenters. The Kier molecular flexibility index (Phi) is 5.61. The lowest BCUT2D eigenvalue weighted by Gasteiger charge is -2.37. The second-order valence-electron chi connectivity index (χ2n) is 7.42. The summed E-state index contributed by atoms with van der Waals surface area (Å²) in [6.45, 7) is 6.51. The largest absolute Gasteiger partial charge is 0.484 e. The maximum Gasteiger partial charge on any atom is 0.260 e. The van der Waals surface area contributed by atoms with Gasteiger partial charge in [0.2, 0.25) is 5.91 Å². The van der Waals surface area contributed by atoms with E-state index in [0.29, 0.717) is 18.3 Å². The topological polar surface area (TPSA) is 49.9 Å². The van der Waals surface area contributed by atoms with Crippen LogP contribution in [0.25, 0.3) is 0 Å². The van der Waals surface area contributed by atoms with Crippen LogP contribution in [0.2, 0.25) is 0 Å². The van der Waals surface area contributed by atoms with E-state index < -0.39 is 0 Å². The molecule has 0 aromatic heterocycles. The number of hydrogen-bond acceptors (Lipinski definition) is 3. The molecule has 25 heavy (non-hydrogen) atoms. The lowest BCUT2D eigenvalue weighted by atomic mass is 9.82. The van der Waals surface area contributed by atoms with E-state index in [2.05, 4.69) is 13.8 Å². The Labute approximate surface area is 149 Å². The third-order valence-electron chi connectivity index (χ3n) is 5.47. The fourth-order valence-electron chi connectivity index (χ4n) is 3.97. The highest BCUT2D eigenvalue weighted by molar-refractivity contribution is 5.78.